The summed E-state index contributed by atoms with van der Waals surface area (Å²) < 4.78 is 20.4. The van der Waals surface area contributed by atoms with Gasteiger partial charge in [-0.25, -0.2) is 4.39 Å². The molecule has 11 heteroatoms. The summed E-state index contributed by atoms with van der Waals surface area (Å²) >= 11 is 2.26. The summed E-state index contributed by atoms with van der Waals surface area (Å²) in [6.45, 7) is 0. The van der Waals surface area contributed by atoms with Crippen molar-refractivity contribution in [3.05, 3.63) is 64.7 Å². The van der Waals surface area contributed by atoms with Gasteiger partial charge in [-0.2, -0.15) is 4.52 Å². The largest absolute Gasteiger partial charge is 0.497 e. The molecule has 2 heterocycles. The van der Waals surface area contributed by atoms with Gasteiger partial charge in [-0.1, -0.05) is 35.2 Å². The van der Waals surface area contributed by atoms with Crippen molar-refractivity contribution >= 4 is 39.7 Å². The smallest absolute Gasteiger partial charge is 0.302 e. The maximum Gasteiger partial charge on any atom is 0.302 e. The Hall–Kier alpha value is -3.31. The van der Waals surface area contributed by atoms with Gasteiger partial charge in [0.2, 0.25) is 10.9 Å². The third kappa shape index (κ3) is 4.16. The molecule has 30 heavy (non-hydrogen) atoms. The summed E-state index contributed by atoms with van der Waals surface area (Å²) in [7, 11) is 1.56. The zero-order valence-electron chi connectivity index (χ0n) is 15.5. The Labute approximate surface area is 177 Å². The van der Waals surface area contributed by atoms with Gasteiger partial charge in [0.25, 0.3) is 0 Å². The first kappa shape index (κ1) is 20.0. The number of carbonyl (C=O) groups is 1. The molecule has 152 valence electrons. The highest BCUT2D eigenvalue weighted by Gasteiger charge is 2.15. The number of anilines is 1. The maximum atomic E-state index is 13.6. The minimum Gasteiger partial charge on any atom is -0.497 e. The molecule has 4 aromatic rings. The minimum absolute atomic E-state index is 0.00166. The van der Waals surface area contributed by atoms with Gasteiger partial charge >= 0.3 is 5.56 Å². The van der Waals surface area contributed by atoms with Gasteiger partial charge in [0.1, 0.15) is 11.6 Å². The third-order valence-corrected chi connectivity index (χ3v) is 6.04. The normalized spacial score (nSPS) is 10.9. The standard InChI is InChI=1S/C19H14FN5O3S2/c1-28-12-8-6-11(7-9-12)16-17(27)25-18(23-22-16)30-19(24-25)29-10-15(26)21-14-5-3-2-4-13(14)20/h2-9H,10H2,1H3,(H,21,26). The number of fused-ring (bicyclic) bond motifs is 1. The Bertz CT molecular complexity index is 1270. The molecule has 0 radical (unpaired) electrons. The van der Waals surface area contributed by atoms with E-state index in [0.29, 0.717) is 20.6 Å². The number of rotatable bonds is 6. The number of hydrogen-bond acceptors (Lipinski definition) is 8. The number of hydrogen-bond donors (Lipinski definition) is 1. The van der Waals surface area contributed by atoms with Crippen LogP contribution in [-0.4, -0.2) is 38.6 Å². The average molecular weight is 443 g/mol. The van der Waals surface area contributed by atoms with Crippen molar-refractivity contribution in [1.29, 1.82) is 0 Å². The topological polar surface area (TPSA) is 98.5 Å². The van der Waals surface area contributed by atoms with Gasteiger partial charge in [0, 0.05) is 5.56 Å². The Balaban J connectivity index is 1.50. The SMILES string of the molecule is COc1ccc(-c2nnc3sc(SCC(=O)Nc4ccccc4F)nn3c2=O)cc1. The molecule has 0 spiro atoms. The van der Waals surface area contributed by atoms with Crippen molar-refractivity contribution in [1.82, 2.24) is 19.8 Å². The highest BCUT2D eigenvalue weighted by molar-refractivity contribution is 8.01. The molecule has 2 aromatic heterocycles. The first-order chi connectivity index (χ1) is 14.5. The Kier molecular flexibility index (Phi) is 5.72. The molecule has 0 atom stereocenters. The number of aromatic nitrogens is 4. The lowest BCUT2D eigenvalue weighted by atomic mass is 10.1. The number of thioether (sulfide) groups is 1. The molecule has 0 bridgehead atoms. The van der Waals surface area contributed by atoms with Crippen molar-refractivity contribution in [2.45, 2.75) is 4.34 Å². The van der Waals surface area contributed by atoms with Crippen LogP contribution in [-0.2, 0) is 4.79 Å². The van der Waals surface area contributed by atoms with E-state index in [-0.39, 0.29) is 23.0 Å². The van der Waals surface area contributed by atoms with Crippen LogP contribution in [0.1, 0.15) is 0 Å². The van der Waals surface area contributed by atoms with Crippen LogP contribution in [0, 0.1) is 5.82 Å². The van der Waals surface area contributed by atoms with E-state index in [4.69, 9.17) is 4.74 Å². The van der Waals surface area contributed by atoms with E-state index in [2.05, 4.69) is 20.6 Å². The van der Waals surface area contributed by atoms with Crippen molar-refractivity contribution < 1.29 is 13.9 Å². The molecule has 0 aliphatic rings. The Morgan fingerprint density at radius 3 is 2.70 bits per heavy atom. The number of benzene rings is 2. The summed E-state index contributed by atoms with van der Waals surface area (Å²) in [5.41, 5.74) is 0.450. The van der Waals surface area contributed by atoms with Crippen LogP contribution in [0.25, 0.3) is 16.2 Å². The molecule has 0 unspecified atom stereocenters. The highest BCUT2D eigenvalue weighted by atomic mass is 32.2. The van der Waals surface area contributed by atoms with Gasteiger partial charge in [-0.3, -0.25) is 9.59 Å². The van der Waals surface area contributed by atoms with E-state index in [1.165, 1.54) is 12.1 Å². The number of halogens is 1. The molecule has 1 amide bonds. The number of methoxy groups -OCH3 is 1. The monoisotopic (exact) mass is 443 g/mol. The highest BCUT2D eigenvalue weighted by Crippen LogP contribution is 2.24. The van der Waals surface area contributed by atoms with Gasteiger partial charge in [0.05, 0.1) is 18.6 Å². The van der Waals surface area contributed by atoms with Gasteiger partial charge in [0.15, 0.2) is 10.0 Å². The van der Waals surface area contributed by atoms with E-state index >= 15 is 0 Å². The molecule has 0 fully saturated rings. The summed E-state index contributed by atoms with van der Waals surface area (Å²) in [5.74, 6) is -0.235. The van der Waals surface area contributed by atoms with Crippen LogP contribution in [0.15, 0.2) is 57.7 Å². The van der Waals surface area contributed by atoms with E-state index in [0.717, 1.165) is 27.6 Å². The molecule has 0 aliphatic carbocycles. The third-order valence-electron chi connectivity index (χ3n) is 4.01. The lowest BCUT2D eigenvalue weighted by Gasteiger charge is -2.04. The number of nitrogens with one attached hydrogen (secondary N) is 1. The second kappa shape index (κ2) is 8.59. The summed E-state index contributed by atoms with van der Waals surface area (Å²) in [4.78, 5) is 25.2. The summed E-state index contributed by atoms with van der Waals surface area (Å²) in [6.07, 6.45) is 0. The number of amides is 1. The van der Waals surface area contributed by atoms with Crippen molar-refractivity contribution in [3.63, 3.8) is 0 Å². The Morgan fingerprint density at radius 2 is 1.97 bits per heavy atom. The van der Waals surface area contributed by atoms with Crippen LogP contribution in [0.2, 0.25) is 0 Å². The van der Waals surface area contributed by atoms with Gasteiger partial charge in [-0.05, 0) is 36.4 Å². The second-order valence-electron chi connectivity index (χ2n) is 5.96. The van der Waals surface area contributed by atoms with E-state index in [1.807, 2.05) is 0 Å². The quantitative estimate of drug-likeness (QED) is 0.457. The molecular weight excluding hydrogens is 429 g/mol. The molecular formula is C19H14FN5O3S2. The summed E-state index contributed by atoms with van der Waals surface area (Å²) in [6, 6.07) is 12.8. The molecule has 8 nitrogen and oxygen atoms in total. The van der Waals surface area contributed by atoms with E-state index < -0.39 is 11.4 Å². The van der Waals surface area contributed by atoms with Crippen LogP contribution in [0.3, 0.4) is 0 Å². The number of ether oxygens (including phenoxy) is 1. The number of carbonyl (C=O) groups excluding carboxylic acids is 1. The lowest BCUT2D eigenvalue weighted by Crippen LogP contribution is -2.19. The van der Waals surface area contributed by atoms with Crippen LogP contribution >= 0.6 is 23.1 Å². The van der Waals surface area contributed by atoms with Crippen molar-refractivity contribution in [2.75, 3.05) is 18.2 Å². The molecule has 1 N–H and O–H groups in total. The fraction of sp³-hybridized carbons (Fsp3) is 0.105. The molecule has 0 saturated heterocycles. The van der Waals surface area contributed by atoms with Crippen LogP contribution in [0.5, 0.6) is 5.75 Å². The number of nitrogens with zero attached hydrogens (tertiary/aromatic N) is 4. The van der Waals surface area contributed by atoms with Crippen LogP contribution < -0.4 is 15.6 Å². The van der Waals surface area contributed by atoms with Crippen LogP contribution in [0.4, 0.5) is 10.1 Å². The molecule has 2 aromatic carbocycles. The van der Waals surface area contributed by atoms with Gasteiger partial charge in [-0.15, -0.1) is 15.3 Å². The average Bonchev–Trinajstić information content (AvgIpc) is 3.19. The minimum atomic E-state index is -0.510. The van der Waals surface area contributed by atoms with E-state index in [9.17, 15) is 14.0 Å². The first-order valence-electron chi connectivity index (χ1n) is 8.63. The Morgan fingerprint density at radius 1 is 1.20 bits per heavy atom. The molecule has 4 rings (SSSR count). The fourth-order valence-corrected chi connectivity index (χ4v) is 4.23. The predicted octanol–water partition coefficient (Wildman–Crippen LogP) is 3.09. The molecule has 0 aliphatic heterocycles. The zero-order valence-corrected chi connectivity index (χ0v) is 17.2. The second-order valence-corrected chi connectivity index (χ2v) is 8.14. The van der Waals surface area contributed by atoms with E-state index in [1.54, 1.807) is 43.5 Å². The predicted molar refractivity (Wildman–Crippen MR) is 113 cm³/mol. The number of para-hydroxylation sites is 1. The fourth-order valence-electron chi connectivity index (χ4n) is 2.56. The molecule has 0 saturated carbocycles. The van der Waals surface area contributed by atoms with Crippen molar-refractivity contribution in [2.24, 2.45) is 0 Å². The lowest BCUT2D eigenvalue weighted by molar-refractivity contribution is -0.113. The zero-order chi connectivity index (χ0) is 21.1. The maximum absolute atomic E-state index is 13.6. The summed E-state index contributed by atoms with van der Waals surface area (Å²) in [5, 5.41) is 14.8. The van der Waals surface area contributed by atoms with Crippen molar-refractivity contribution in [3.8, 4) is 17.0 Å². The first-order valence-corrected chi connectivity index (χ1v) is 10.4. The van der Waals surface area contributed by atoms with Gasteiger partial charge < -0.3 is 10.1 Å².